The molecule has 0 aliphatic heterocycles. The number of esters is 2. The Morgan fingerprint density at radius 1 is 0.315 bits per heavy atom. The molecule has 52 heteroatoms. The molecule has 0 aliphatic carbocycles. The van der Waals surface area contributed by atoms with Crippen LogP contribution in [0.2, 0.25) is 0 Å². The number of amides is 7. The fourth-order valence-corrected chi connectivity index (χ4v) is 5.56. The number of aliphatic carboxylic acids is 11. The van der Waals surface area contributed by atoms with Gasteiger partial charge in [-0.1, -0.05) is 85.5 Å². The van der Waals surface area contributed by atoms with Crippen LogP contribution in [0.25, 0.3) is 0 Å². The number of ketones is 4. The van der Waals surface area contributed by atoms with Crippen molar-refractivity contribution in [3.63, 3.8) is 0 Å². The first-order valence-corrected chi connectivity index (χ1v) is 35.5. The van der Waals surface area contributed by atoms with Gasteiger partial charge in [0.15, 0.2) is 36.3 Å². The molecule has 698 valence electrons. The summed E-state index contributed by atoms with van der Waals surface area (Å²) in [5.74, 6) is -18.5. The maximum absolute atomic E-state index is 11.2. The van der Waals surface area contributed by atoms with Gasteiger partial charge < -0.3 is 103 Å². The van der Waals surface area contributed by atoms with Crippen molar-refractivity contribution < 1.29 is 207 Å². The van der Waals surface area contributed by atoms with Gasteiger partial charge in [-0.3, -0.25) is 105 Å². The number of carbonyl (C=O) groups is 24. The van der Waals surface area contributed by atoms with Crippen LogP contribution in [0, 0.1) is 6.92 Å². The van der Waals surface area contributed by atoms with E-state index in [0.29, 0.717) is 22.5 Å². The van der Waals surface area contributed by atoms with E-state index in [2.05, 4.69) is 132 Å². The molecule has 0 bridgehead atoms. The van der Waals surface area contributed by atoms with E-state index in [9.17, 15) is 132 Å². The molecule has 0 spiro atoms. The van der Waals surface area contributed by atoms with Crippen molar-refractivity contribution in [2.45, 2.75) is 49.3 Å². The predicted octanol–water partition coefficient (Wildman–Crippen LogP) is 0.145. The highest BCUT2D eigenvalue weighted by molar-refractivity contribution is 7.86. The van der Waals surface area contributed by atoms with Crippen LogP contribution in [-0.4, -0.2) is 270 Å². The monoisotopic (exact) mass is 1840 g/mol. The minimum atomic E-state index is -4.21. The number of benzene rings is 2. The van der Waals surface area contributed by atoms with Gasteiger partial charge in [-0.25, -0.2) is 19.2 Å². The van der Waals surface area contributed by atoms with Crippen molar-refractivity contribution in [3.8, 4) is 0 Å². The van der Waals surface area contributed by atoms with Gasteiger partial charge in [0.2, 0.25) is 35.4 Å². The zero-order valence-corrected chi connectivity index (χ0v) is 69.0. The highest BCUT2D eigenvalue weighted by Gasteiger charge is 2.14. The summed E-state index contributed by atoms with van der Waals surface area (Å²) in [5.41, 5.74) is 1.78. The van der Waals surface area contributed by atoms with E-state index in [0.717, 1.165) is 72.9 Å². The van der Waals surface area contributed by atoms with Gasteiger partial charge >= 0.3 is 77.6 Å². The summed E-state index contributed by atoms with van der Waals surface area (Å²) < 4.78 is 68.8. The molecule has 0 radical (unpaired) electrons. The maximum Gasteiger partial charge on any atom is 0.341 e. The summed E-state index contributed by atoms with van der Waals surface area (Å²) in [5, 5.41) is 103. The van der Waals surface area contributed by atoms with Gasteiger partial charge in [0, 0.05) is 29.1 Å². The summed E-state index contributed by atoms with van der Waals surface area (Å²) in [6, 6.07) is 9.04. The normalized spacial score (nSPS) is 8.72. The molecule has 50 nitrogen and oxygen atoms in total. The number of hydrogen-bond acceptors (Lipinski definition) is 30. The lowest BCUT2D eigenvalue weighted by Crippen LogP contribution is -2.27. The number of allylic oxidation sites excluding steroid dienone is 4. The number of carboxylic acids is 11. The van der Waals surface area contributed by atoms with Crippen molar-refractivity contribution >= 4 is 174 Å². The summed E-state index contributed by atoms with van der Waals surface area (Å²) >= 11 is 0. The lowest BCUT2D eigenvalue weighted by atomic mass is 10.2. The highest BCUT2D eigenvalue weighted by atomic mass is 32.2. The number of hydrogen-bond donors (Lipinski definition) is 20. The van der Waals surface area contributed by atoms with Gasteiger partial charge in [-0.2, -0.15) is 16.8 Å². The molecule has 0 atom stereocenters. The second kappa shape index (κ2) is 82.6. The lowest BCUT2D eigenvalue weighted by Gasteiger charge is -2.07. The standard InChI is InChI=1S/2C10H11NO4S.5C5H7NO3.2C5H6O4.4C5H6O3/c1-7(2)10(12)11-8-3-5-9(6-4-8)16(13,14)15;1-3-10(12)11-9-5-4-8(6-7(9)2)16(13,14)15;5*1-2-4(7)6-3-5(8)9;2*1-2-5(8)9-3-4(6)7;4*1-2-4(6)3-5(7)8/h2*3-6H,1H2,2H3,(H,11,12)(H,13,14,15);5*2H,1,3H2,(H,6,7)(H,8,9);2*2H,1,3H2,(H,6,7);4*2H,1,3H2,(H,7,8). The van der Waals surface area contributed by atoms with Crippen molar-refractivity contribution in [2.75, 3.05) is 56.6 Å². The Labute approximate surface area is 722 Å². The number of nitrogens with one attached hydrogen (secondary N) is 7. The number of carbonyl (C=O) groups excluding carboxylic acids is 13. The van der Waals surface area contributed by atoms with Crippen molar-refractivity contribution in [1.82, 2.24) is 26.6 Å². The average molecular weight is 1840 g/mol. The average Bonchev–Trinajstić information content (AvgIpc) is 0.838. The molecule has 0 heterocycles. The van der Waals surface area contributed by atoms with Crippen LogP contribution in [-0.2, 0) is 145 Å². The minimum Gasteiger partial charge on any atom is -0.481 e. The molecular weight excluding hydrogens is 1750 g/mol. The Morgan fingerprint density at radius 3 is 0.701 bits per heavy atom. The maximum atomic E-state index is 11.2. The smallest absolute Gasteiger partial charge is 0.341 e. The fraction of sp³-hybridized carbons (Fsp3) is 0.173. The molecular formula is C75H93N7O43S2. The molecule has 20 N–H and O–H groups in total. The molecule has 0 aromatic heterocycles. The summed E-state index contributed by atoms with van der Waals surface area (Å²) in [4.78, 5) is 241. The number of carboxylic acid groups (broad SMARTS) is 11. The first-order valence-electron chi connectivity index (χ1n) is 32.6. The second-order valence-electron chi connectivity index (χ2n) is 20.3. The van der Waals surface area contributed by atoms with E-state index in [1.54, 1.807) is 13.8 Å². The Hall–Kier alpha value is -17.0. The van der Waals surface area contributed by atoms with Crippen LogP contribution in [0.1, 0.15) is 38.2 Å². The van der Waals surface area contributed by atoms with Crippen LogP contribution in [0.4, 0.5) is 11.4 Å². The summed E-state index contributed by atoms with van der Waals surface area (Å²) in [6.45, 7) is 41.2. The van der Waals surface area contributed by atoms with Gasteiger partial charge in [0.25, 0.3) is 26.1 Å². The van der Waals surface area contributed by atoms with Gasteiger partial charge in [0.1, 0.15) is 58.4 Å². The molecule has 0 unspecified atom stereocenters. The van der Waals surface area contributed by atoms with Crippen LogP contribution < -0.4 is 37.2 Å². The van der Waals surface area contributed by atoms with Gasteiger partial charge in [0.05, 0.1) is 9.79 Å². The van der Waals surface area contributed by atoms with E-state index >= 15 is 0 Å². The number of aryl methyl sites for hydroxylation is 1. The first kappa shape index (κ1) is 133. The molecule has 0 saturated heterocycles. The molecule has 7 amide bonds. The summed E-state index contributed by atoms with van der Waals surface area (Å²) in [6.07, 6.45) is 10.2. The first-order chi connectivity index (χ1) is 58.4. The third-order valence-corrected chi connectivity index (χ3v) is 11.7. The van der Waals surface area contributed by atoms with Crippen molar-refractivity contribution in [3.05, 3.63) is 212 Å². The minimum absolute atomic E-state index is 0.207. The Balaban J connectivity index is -0.000000129. The van der Waals surface area contributed by atoms with Crippen LogP contribution in [0.3, 0.4) is 0 Å². The lowest BCUT2D eigenvalue weighted by molar-refractivity contribution is -0.151. The zero-order valence-electron chi connectivity index (χ0n) is 67.3. The summed E-state index contributed by atoms with van der Waals surface area (Å²) in [7, 11) is -8.40. The van der Waals surface area contributed by atoms with Gasteiger partial charge in [-0.15, -0.1) is 0 Å². The van der Waals surface area contributed by atoms with Gasteiger partial charge in [-0.05, 0) is 123 Å². The van der Waals surface area contributed by atoms with E-state index in [-0.39, 0.29) is 54.3 Å². The van der Waals surface area contributed by atoms with E-state index in [1.807, 2.05) is 0 Å². The number of anilines is 2. The molecule has 0 aliphatic rings. The quantitative estimate of drug-likeness (QED) is 0.0183. The number of ether oxygens (including phenoxy) is 2. The van der Waals surface area contributed by atoms with Crippen LogP contribution in [0.15, 0.2) is 216 Å². The Bertz CT molecular complexity index is 4080. The molecule has 127 heavy (non-hydrogen) atoms. The zero-order chi connectivity index (χ0) is 102. The number of rotatable bonds is 39. The highest BCUT2D eigenvalue weighted by Crippen LogP contribution is 2.19. The largest absolute Gasteiger partial charge is 0.481 e. The van der Waals surface area contributed by atoms with Crippen molar-refractivity contribution in [1.29, 1.82) is 0 Å². The fourth-order valence-electron chi connectivity index (χ4n) is 4.51. The van der Waals surface area contributed by atoms with Crippen LogP contribution in [0.5, 0.6) is 0 Å². The third kappa shape index (κ3) is 113. The Morgan fingerprint density at radius 2 is 0.543 bits per heavy atom. The topological polar surface area (TPSA) is 844 Å². The predicted molar refractivity (Wildman–Crippen MR) is 441 cm³/mol. The molecule has 0 saturated carbocycles. The third-order valence-electron chi connectivity index (χ3n) is 9.95. The molecule has 2 rings (SSSR count). The Kier molecular flexibility index (Phi) is 86.8. The van der Waals surface area contributed by atoms with E-state index in [1.165, 1.54) is 42.5 Å². The molecule has 0 fully saturated rings. The van der Waals surface area contributed by atoms with E-state index in [4.69, 9.17) is 65.3 Å². The van der Waals surface area contributed by atoms with E-state index < -0.39 is 189 Å². The molecule has 2 aromatic rings. The SMILES string of the molecule is C=C(C)C(=O)Nc1ccc(S(=O)(=O)O)cc1.C=CC(=O)CC(=O)O.C=CC(=O)CC(=O)O.C=CC(=O)CC(=O)O.C=CC(=O)CC(=O)O.C=CC(=O)NCC(=O)O.C=CC(=O)NCC(=O)O.C=CC(=O)NCC(=O)O.C=CC(=O)NCC(=O)O.C=CC(=O)NCC(=O)O.C=CC(=O)Nc1ccc(S(=O)(=O)O)cc1C.C=CC(=O)OCC(=O)O.C=CC(=O)OCC(=O)O. The van der Waals surface area contributed by atoms with Crippen molar-refractivity contribution in [2.24, 2.45) is 0 Å². The molecule has 2 aromatic carbocycles. The van der Waals surface area contributed by atoms with Crippen LogP contribution >= 0.6 is 0 Å². The second-order valence-corrected chi connectivity index (χ2v) is 23.2.